The maximum atomic E-state index is 10.1. The van der Waals surface area contributed by atoms with Crippen molar-refractivity contribution in [3.05, 3.63) is 34.9 Å². The number of rotatable bonds is 9. The molecule has 0 aliphatic rings. The molecule has 0 aromatic heterocycles. The van der Waals surface area contributed by atoms with Crippen LogP contribution in [0.3, 0.4) is 0 Å². The van der Waals surface area contributed by atoms with Crippen molar-refractivity contribution in [2.75, 3.05) is 40.1 Å². The Morgan fingerprint density at radius 3 is 2.47 bits per heavy atom. The summed E-state index contributed by atoms with van der Waals surface area (Å²) in [6, 6.07) is 6.05. The third-order valence-corrected chi connectivity index (χ3v) is 2.87. The Kier molecular flexibility index (Phi) is 7.67. The molecule has 1 unspecified atom stereocenters. The van der Waals surface area contributed by atoms with E-state index in [9.17, 15) is 5.11 Å². The summed E-state index contributed by atoms with van der Waals surface area (Å²) in [6.45, 7) is 6.45. The molecule has 108 valence electrons. The highest BCUT2D eigenvalue weighted by atomic mass is 16.5. The van der Waals surface area contributed by atoms with Crippen molar-refractivity contribution in [1.29, 1.82) is 0 Å². The Labute approximate surface area is 115 Å². The summed E-state index contributed by atoms with van der Waals surface area (Å²) in [7, 11) is 1.64. The van der Waals surface area contributed by atoms with Crippen LogP contribution in [0, 0.1) is 13.8 Å². The molecule has 1 N–H and O–H groups in total. The molecule has 0 saturated heterocycles. The van der Waals surface area contributed by atoms with Crippen LogP contribution in [-0.2, 0) is 14.2 Å². The van der Waals surface area contributed by atoms with Gasteiger partial charge in [0.25, 0.3) is 0 Å². The van der Waals surface area contributed by atoms with E-state index in [-0.39, 0.29) is 6.61 Å². The van der Waals surface area contributed by atoms with Crippen LogP contribution in [0.1, 0.15) is 22.8 Å². The Morgan fingerprint density at radius 1 is 1.05 bits per heavy atom. The fourth-order valence-electron chi connectivity index (χ4n) is 1.77. The van der Waals surface area contributed by atoms with E-state index in [1.54, 1.807) is 7.11 Å². The first-order valence-electron chi connectivity index (χ1n) is 6.54. The molecule has 0 aliphatic heterocycles. The van der Waals surface area contributed by atoms with Crippen molar-refractivity contribution in [2.24, 2.45) is 0 Å². The zero-order valence-electron chi connectivity index (χ0n) is 12.0. The molecular weight excluding hydrogens is 244 g/mol. The van der Waals surface area contributed by atoms with Crippen molar-refractivity contribution in [3.63, 3.8) is 0 Å². The van der Waals surface area contributed by atoms with Gasteiger partial charge in [0.2, 0.25) is 0 Å². The van der Waals surface area contributed by atoms with Crippen LogP contribution in [0.25, 0.3) is 0 Å². The highest BCUT2D eigenvalue weighted by Crippen LogP contribution is 2.19. The Hall–Kier alpha value is -0.940. The fraction of sp³-hybridized carbons (Fsp3) is 0.600. The second-order valence-corrected chi connectivity index (χ2v) is 4.56. The average molecular weight is 268 g/mol. The minimum Gasteiger partial charge on any atom is -0.386 e. The third-order valence-electron chi connectivity index (χ3n) is 2.87. The molecule has 0 fully saturated rings. The lowest BCUT2D eigenvalue weighted by Crippen LogP contribution is -2.13. The Bertz CT molecular complexity index is 365. The standard InChI is InChI=1S/C15H24O4/c1-12-4-5-13(2)14(10-12)15(16)11-19-9-8-18-7-6-17-3/h4-5,10,15-16H,6-9,11H2,1-3H3. The number of hydrogen-bond acceptors (Lipinski definition) is 4. The predicted molar refractivity (Wildman–Crippen MR) is 74.4 cm³/mol. The smallest absolute Gasteiger partial charge is 0.103 e. The third kappa shape index (κ3) is 6.16. The highest BCUT2D eigenvalue weighted by Gasteiger charge is 2.10. The second kappa shape index (κ2) is 9.04. The number of aryl methyl sites for hydroxylation is 2. The Morgan fingerprint density at radius 2 is 1.74 bits per heavy atom. The van der Waals surface area contributed by atoms with Crippen LogP contribution in [0.4, 0.5) is 0 Å². The van der Waals surface area contributed by atoms with Gasteiger partial charge in [-0.25, -0.2) is 0 Å². The van der Waals surface area contributed by atoms with E-state index in [0.717, 1.165) is 16.7 Å². The maximum absolute atomic E-state index is 10.1. The van der Waals surface area contributed by atoms with Gasteiger partial charge in [-0.3, -0.25) is 0 Å². The SMILES string of the molecule is COCCOCCOCC(O)c1cc(C)ccc1C. The zero-order valence-corrected chi connectivity index (χ0v) is 12.0. The van der Waals surface area contributed by atoms with Gasteiger partial charge in [-0.15, -0.1) is 0 Å². The van der Waals surface area contributed by atoms with Gasteiger partial charge < -0.3 is 19.3 Å². The lowest BCUT2D eigenvalue weighted by molar-refractivity contribution is -0.00605. The first-order chi connectivity index (χ1) is 9.15. The van der Waals surface area contributed by atoms with Gasteiger partial charge in [0.15, 0.2) is 0 Å². The van der Waals surface area contributed by atoms with Crippen LogP contribution >= 0.6 is 0 Å². The first-order valence-corrected chi connectivity index (χ1v) is 6.54. The number of hydrogen-bond donors (Lipinski definition) is 1. The van der Waals surface area contributed by atoms with Crippen molar-refractivity contribution < 1.29 is 19.3 Å². The van der Waals surface area contributed by atoms with Gasteiger partial charge >= 0.3 is 0 Å². The molecule has 1 aromatic carbocycles. The van der Waals surface area contributed by atoms with E-state index in [0.29, 0.717) is 26.4 Å². The summed E-state index contributed by atoms with van der Waals surface area (Å²) in [6.07, 6.45) is -0.584. The first kappa shape index (κ1) is 16.1. The summed E-state index contributed by atoms with van der Waals surface area (Å²) in [5.74, 6) is 0. The largest absolute Gasteiger partial charge is 0.386 e. The summed E-state index contributed by atoms with van der Waals surface area (Å²) in [5, 5.41) is 10.1. The molecule has 0 aliphatic carbocycles. The van der Waals surface area contributed by atoms with Crippen LogP contribution in [-0.4, -0.2) is 45.3 Å². The van der Waals surface area contributed by atoms with E-state index in [1.807, 2.05) is 32.0 Å². The van der Waals surface area contributed by atoms with E-state index < -0.39 is 6.10 Å². The van der Waals surface area contributed by atoms with E-state index in [1.165, 1.54) is 0 Å². The monoisotopic (exact) mass is 268 g/mol. The number of methoxy groups -OCH3 is 1. The van der Waals surface area contributed by atoms with Gasteiger partial charge in [0, 0.05) is 7.11 Å². The van der Waals surface area contributed by atoms with E-state index in [4.69, 9.17) is 14.2 Å². The molecule has 4 nitrogen and oxygen atoms in total. The highest BCUT2D eigenvalue weighted by molar-refractivity contribution is 5.32. The lowest BCUT2D eigenvalue weighted by atomic mass is 10.0. The average Bonchev–Trinajstić information content (AvgIpc) is 2.40. The summed E-state index contributed by atoms with van der Waals surface area (Å²) < 4.78 is 15.5. The molecular formula is C15H24O4. The van der Waals surface area contributed by atoms with Crippen LogP contribution in [0.5, 0.6) is 0 Å². The van der Waals surface area contributed by atoms with Gasteiger partial charge in [-0.2, -0.15) is 0 Å². The molecule has 0 spiro atoms. The minimum atomic E-state index is -0.584. The van der Waals surface area contributed by atoms with Crippen molar-refractivity contribution >= 4 is 0 Å². The molecule has 0 heterocycles. The normalized spacial score (nSPS) is 12.6. The molecule has 19 heavy (non-hydrogen) atoms. The molecule has 4 heteroatoms. The molecule has 1 atom stereocenters. The Balaban J connectivity index is 2.23. The van der Waals surface area contributed by atoms with Crippen LogP contribution in [0.15, 0.2) is 18.2 Å². The van der Waals surface area contributed by atoms with E-state index >= 15 is 0 Å². The summed E-state index contributed by atoms with van der Waals surface area (Å²) in [5.41, 5.74) is 3.15. The molecule has 1 rings (SSSR count). The van der Waals surface area contributed by atoms with Crippen molar-refractivity contribution in [3.8, 4) is 0 Å². The number of aliphatic hydroxyl groups is 1. The molecule has 0 saturated carbocycles. The quantitative estimate of drug-likeness (QED) is 0.696. The second-order valence-electron chi connectivity index (χ2n) is 4.56. The van der Waals surface area contributed by atoms with Gasteiger partial charge in [0.05, 0.1) is 33.0 Å². The summed E-state index contributed by atoms with van der Waals surface area (Å²) >= 11 is 0. The number of ether oxygens (including phenoxy) is 3. The minimum absolute atomic E-state index is 0.290. The molecule has 0 amide bonds. The molecule has 1 aromatic rings. The van der Waals surface area contributed by atoms with Gasteiger partial charge in [0.1, 0.15) is 6.10 Å². The lowest BCUT2D eigenvalue weighted by Gasteiger charge is -2.15. The van der Waals surface area contributed by atoms with Crippen molar-refractivity contribution in [1.82, 2.24) is 0 Å². The number of aliphatic hydroxyl groups excluding tert-OH is 1. The van der Waals surface area contributed by atoms with Crippen LogP contribution < -0.4 is 0 Å². The fourth-order valence-corrected chi connectivity index (χ4v) is 1.77. The zero-order chi connectivity index (χ0) is 14.1. The number of benzene rings is 1. The van der Waals surface area contributed by atoms with Crippen molar-refractivity contribution in [2.45, 2.75) is 20.0 Å². The topological polar surface area (TPSA) is 47.9 Å². The molecule has 0 radical (unpaired) electrons. The summed E-state index contributed by atoms with van der Waals surface area (Å²) in [4.78, 5) is 0. The van der Waals surface area contributed by atoms with Crippen LogP contribution in [0.2, 0.25) is 0 Å². The predicted octanol–water partition coefficient (Wildman–Crippen LogP) is 2.02. The van der Waals surface area contributed by atoms with Gasteiger partial charge in [-0.05, 0) is 25.0 Å². The molecule has 0 bridgehead atoms. The van der Waals surface area contributed by atoms with Gasteiger partial charge in [-0.1, -0.05) is 23.8 Å². The van der Waals surface area contributed by atoms with E-state index in [2.05, 4.69) is 0 Å². The maximum Gasteiger partial charge on any atom is 0.103 e.